The van der Waals surface area contributed by atoms with Crippen LogP contribution in [0.25, 0.3) is 0 Å². The van der Waals surface area contributed by atoms with E-state index in [1.807, 2.05) is 49.4 Å². The molecule has 0 unspecified atom stereocenters. The van der Waals surface area contributed by atoms with Gasteiger partial charge in [0.25, 0.3) is 5.91 Å². The molecular weight excluding hydrogens is 403 g/mol. The highest BCUT2D eigenvalue weighted by Crippen LogP contribution is 2.28. The molecule has 1 fully saturated rings. The zero-order valence-corrected chi connectivity index (χ0v) is 18.6. The van der Waals surface area contributed by atoms with Crippen LogP contribution < -0.4 is 9.64 Å². The van der Waals surface area contributed by atoms with Crippen molar-refractivity contribution < 1.29 is 13.9 Å². The number of hydrogen-bond donors (Lipinski definition) is 0. The van der Waals surface area contributed by atoms with Crippen LogP contribution in [0.2, 0.25) is 0 Å². The van der Waals surface area contributed by atoms with Gasteiger partial charge in [-0.2, -0.15) is 0 Å². The van der Waals surface area contributed by atoms with E-state index in [4.69, 9.17) is 4.74 Å². The predicted octanol–water partition coefficient (Wildman–Crippen LogP) is 5.45. The third-order valence-electron chi connectivity index (χ3n) is 6.14. The van der Waals surface area contributed by atoms with Crippen molar-refractivity contribution in [2.45, 2.75) is 32.4 Å². The Kier molecular flexibility index (Phi) is 6.86. The second kappa shape index (κ2) is 9.96. The van der Waals surface area contributed by atoms with E-state index in [9.17, 15) is 9.18 Å². The van der Waals surface area contributed by atoms with Crippen LogP contribution in [0.3, 0.4) is 0 Å². The van der Waals surface area contributed by atoms with E-state index in [-0.39, 0.29) is 17.5 Å². The third kappa shape index (κ3) is 4.83. The van der Waals surface area contributed by atoms with Gasteiger partial charge in [-0.1, -0.05) is 48.0 Å². The highest BCUT2D eigenvalue weighted by Gasteiger charge is 2.31. The van der Waals surface area contributed by atoms with Gasteiger partial charge in [-0.3, -0.25) is 9.69 Å². The lowest BCUT2D eigenvalue weighted by Crippen LogP contribution is -2.47. The molecule has 32 heavy (non-hydrogen) atoms. The summed E-state index contributed by atoms with van der Waals surface area (Å²) in [4.78, 5) is 17.6. The minimum absolute atomic E-state index is 0.0127. The number of aryl methyl sites for hydroxylation is 1. The largest absolute Gasteiger partial charge is 0.496 e. The Morgan fingerprint density at radius 3 is 2.34 bits per heavy atom. The minimum Gasteiger partial charge on any atom is -0.496 e. The molecule has 1 heterocycles. The lowest BCUT2D eigenvalue weighted by molar-refractivity contribution is 0.0954. The van der Waals surface area contributed by atoms with E-state index >= 15 is 0 Å². The average molecular weight is 433 g/mol. The summed E-state index contributed by atoms with van der Waals surface area (Å²) in [6, 6.07) is 22.2. The van der Waals surface area contributed by atoms with Gasteiger partial charge in [0, 0.05) is 36.9 Å². The van der Waals surface area contributed by atoms with Crippen LogP contribution in [-0.4, -0.2) is 37.0 Å². The molecule has 0 saturated carbocycles. The first-order valence-corrected chi connectivity index (χ1v) is 11.1. The molecule has 4 rings (SSSR count). The number of benzene rings is 3. The molecule has 0 radical (unpaired) electrons. The molecule has 166 valence electrons. The van der Waals surface area contributed by atoms with Crippen molar-refractivity contribution in [1.29, 1.82) is 0 Å². The fraction of sp³-hybridized carbons (Fsp3) is 0.296. The van der Waals surface area contributed by atoms with Crippen LogP contribution in [0.4, 0.5) is 10.1 Å². The van der Waals surface area contributed by atoms with Crippen LogP contribution in [0.15, 0.2) is 72.8 Å². The van der Waals surface area contributed by atoms with Crippen molar-refractivity contribution in [3.8, 4) is 5.75 Å². The maximum absolute atomic E-state index is 14.5. The zero-order valence-electron chi connectivity index (χ0n) is 18.6. The molecule has 5 heteroatoms. The first-order valence-electron chi connectivity index (χ1n) is 11.1. The number of likely N-dealkylation sites (tertiary alicyclic amines) is 1. The van der Waals surface area contributed by atoms with Crippen molar-refractivity contribution in [2.24, 2.45) is 0 Å². The van der Waals surface area contributed by atoms with E-state index in [1.165, 1.54) is 6.07 Å². The number of amides is 1. The molecule has 1 amide bonds. The van der Waals surface area contributed by atoms with Crippen molar-refractivity contribution in [1.82, 2.24) is 4.90 Å². The lowest BCUT2D eigenvalue weighted by Gasteiger charge is -2.39. The maximum Gasteiger partial charge on any atom is 0.261 e. The number of ether oxygens (including phenoxy) is 1. The Labute approximate surface area is 189 Å². The summed E-state index contributed by atoms with van der Waals surface area (Å²) < 4.78 is 19.9. The summed E-state index contributed by atoms with van der Waals surface area (Å²) in [5.41, 5.74) is 3.21. The van der Waals surface area contributed by atoms with Gasteiger partial charge < -0.3 is 9.64 Å². The molecule has 0 spiro atoms. The van der Waals surface area contributed by atoms with Gasteiger partial charge in [-0.15, -0.1) is 0 Å². The number of anilines is 1. The first kappa shape index (κ1) is 22.0. The first-order chi connectivity index (χ1) is 15.6. The van der Waals surface area contributed by atoms with Crippen LogP contribution in [0.1, 0.15) is 34.3 Å². The van der Waals surface area contributed by atoms with Crippen LogP contribution in [0, 0.1) is 12.7 Å². The van der Waals surface area contributed by atoms with Crippen molar-refractivity contribution in [3.63, 3.8) is 0 Å². The van der Waals surface area contributed by atoms with E-state index in [0.29, 0.717) is 0 Å². The van der Waals surface area contributed by atoms with Gasteiger partial charge >= 0.3 is 0 Å². The molecule has 3 aromatic rings. The molecule has 0 atom stereocenters. The molecule has 1 aliphatic rings. The van der Waals surface area contributed by atoms with Crippen LogP contribution >= 0.6 is 0 Å². The SMILES string of the molecule is COc1ccccc1CN1CCC(N(C(=O)c2ccccc2F)c2ccc(C)cc2)CC1. The summed E-state index contributed by atoms with van der Waals surface area (Å²) in [6.07, 6.45) is 1.65. The molecule has 0 N–H and O–H groups in total. The topological polar surface area (TPSA) is 32.8 Å². The lowest BCUT2D eigenvalue weighted by atomic mass is 9.99. The summed E-state index contributed by atoms with van der Waals surface area (Å²) in [5, 5.41) is 0. The Hall–Kier alpha value is -3.18. The second-order valence-electron chi connectivity index (χ2n) is 8.31. The summed E-state index contributed by atoms with van der Waals surface area (Å²) >= 11 is 0. The maximum atomic E-state index is 14.5. The summed E-state index contributed by atoms with van der Waals surface area (Å²) in [6.45, 7) is 4.54. The fourth-order valence-corrected chi connectivity index (χ4v) is 4.37. The van der Waals surface area contributed by atoms with Gasteiger partial charge in [0.1, 0.15) is 11.6 Å². The number of hydrogen-bond acceptors (Lipinski definition) is 3. The molecule has 3 aromatic carbocycles. The second-order valence-corrected chi connectivity index (χ2v) is 8.31. The van der Waals surface area contributed by atoms with Crippen LogP contribution in [-0.2, 0) is 6.54 Å². The predicted molar refractivity (Wildman–Crippen MR) is 126 cm³/mol. The summed E-state index contributed by atoms with van der Waals surface area (Å²) in [5.74, 6) is 0.129. The number of methoxy groups -OCH3 is 1. The standard InChI is InChI=1S/C27H29FN2O2/c1-20-11-13-22(14-12-20)30(27(31)24-8-4-5-9-25(24)28)23-15-17-29(18-16-23)19-21-7-3-6-10-26(21)32-2/h3-14,23H,15-19H2,1-2H3. The quantitative estimate of drug-likeness (QED) is 0.519. The summed E-state index contributed by atoms with van der Waals surface area (Å²) in [7, 11) is 1.69. The van der Waals surface area contributed by atoms with Crippen LogP contribution in [0.5, 0.6) is 5.75 Å². The van der Waals surface area contributed by atoms with Gasteiger partial charge in [0.15, 0.2) is 0 Å². The number of halogens is 1. The number of rotatable bonds is 6. The minimum atomic E-state index is -0.483. The van der Waals surface area contributed by atoms with E-state index in [0.717, 1.165) is 55.0 Å². The fourth-order valence-electron chi connectivity index (χ4n) is 4.37. The number of nitrogens with zero attached hydrogens (tertiary/aromatic N) is 2. The zero-order chi connectivity index (χ0) is 22.5. The van der Waals surface area contributed by atoms with E-state index in [2.05, 4.69) is 11.0 Å². The Balaban J connectivity index is 1.53. The Bertz CT molecular complexity index is 1060. The monoisotopic (exact) mass is 432 g/mol. The van der Waals surface area contributed by atoms with Crippen molar-refractivity contribution >= 4 is 11.6 Å². The molecule has 1 saturated heterocycles. The Morgan fingerprint density at radius 2 is 1.66 bits per heavy atom. The van der Waals surface area contributed by atoms with Gasteiger partial charge in [-0.05, 0) is 50.1 Å². The molecule has 4 nitrogen and oxygen atoms in total. The number of carbonyl (C=O) groups excluding carboxylic acids is 1. The number of para-hydroxylation sites is 1. The smallest absolute Gasteiger partial charge is 0.261 e. The van der Waals surface area contributed by atoms with Gasteiger partial charge in [0.05, 0.1) is 12.7 Å². The number of carbonyl (C=O) groups is 1. The highest BCUT2D eigenvalue weighted by molar-refractivity contribution is 6.06. The Morgan fingerprint density at radius 1 is 1.00 bits per heavy atom. The van der Waals surface area contributed by atoms with Gasteiger partial charge in [-0.25, -0.2) is 4.39 Å². The third-order valence-corrected chi connectivity index (χ3v) is 6.14. The molecular formula is C27H29FN2O2. The average Bonchev–Trinajstić information content (AvgIpc) is 2.82. The normalized spacial score (nSPS) is 14.8. The van der Waals surface area contributed by atoms with Crippen molar-refractivity contribution in [3.05, 3.63) is 95.3 Å². The molecule has 0 aliphatic carbocycles. The molecule has 0 aromatic heterocycles. The highest BCUT2D eigenvalue weighted by atomic mass is 19.1. The van der Waals surface area contributed by atoms with Crippen molar-refractivity contribution in [2.75, 3.05) is 25.1 Å². The molecule has 1 aliphatic heterocycles. The molecule has 0 bridgehead atoms. The van der Waals surface area contributed by atoms with E-state index in [1.54, 1.807) is 30.2 Å². The van der Waals surface area contributed by atoms with E-state index < -0.39 is 5.82 Å². The van der Waals surface area contributed by atoms with Gasteiger partial charge in [0.2, 0.25) is 0 Å². The number of piperidine rings is 1.